The van der Waals surface area contributed by atoms with Crippen LogP contribution in [-0.2, 0) is 38.1 Å². The molecule has 0 aromatic carbocycles. The van der Waals surface area contributed by atoms with Gasteiger partial charge < -0.3 is 23.7 Å². The standard InChI is InChI=1S/C16H26O8/c1-6-7-8-12-13(21-9(2)17)14(22-10(3)18)15(23-11(4)19)16(20-5)24-12/h12-16H,6-8H2,1-5H3/t12-,13+,14-,15-,16+/m1/s1. The smallest absolute Gasteiger partial charge is 0.303 e. The summed E-state index contributed by atoms with van der Waals surface area (Å²) in [5.74, 6) is -1.71. The minimum Gasteiger partial charge on any atom is -0.456 e. The zero-order valence-electron chi connectivity index (χ0n) is 14.8. The van der Waals surface area contributed by atoms with Crippen LogP contribution in [0, 0.1) is 0 Å². The number of unbranched alkanes of at least 4 members (excludes halogenated alkanes) is 1. The molecule has 0 aromatic heterocycles. The number of hydrogen-bond acceptors (Lipinski definition) is 8. The molecule has 0 aromatic rings. The first kappa shape index (κ1) is 20.4. The van der Waals surface area contributed by atoms with E-state index in [-0.39, 0.29) is 0 Å². The van der Waals surface area contributed by atoms with Gasteiger partial charge in [0.05, 0.1) is 0 Å². The van der Waals surface area contributed by atoms with Crippen molar-refractivity contribution in [2.75, 3.05) is 7.11 Å². The van der Waals surface area contributed by atoms with Gasteiger partial charge in [0.15, 0.2) is 24.6 Å². The summed E-state index contributed by atoms with van der Waals surface area (Å²) in [4.78, 5) is 34.4. The van der Waals surface area contributed by atoms with Gasteiger partial charge in [0.2, 0.25) is 0 Å². The van der Waals surface area contributed by atoms with E-state index in [4.69, 9.17) is 23.7 Å². The number of rotatable bonds is 7. The molecule has 138 valence electrons. The Hall–Kier alpha value is -1.67. The first-order valence-corrected chi connectivity index (χ1v) is 8.00. The predicted molar refractivity (Wildman–Crippen MR) is 81.9 cm³/mol. The van der Waals surface area contributed by atoms with Crippen molar-refractivity contribution < 1.29 is 38.1 Å². The number of carbonyl (C=O) groups is 3. The van der Waals surface area contributed by atoms with Gasteiger partial charge in [0.25, 0.3) is 0 Å². The summed E-state index contributed by atoms with van der Waals surface area (Å²) in [5, 5.41) is 0. The Morgan fingerprint density at radius 2 is 1.38 bits per heavy atom. The largest absolute Gasteiger partial charge is 0.456 e. The lowest BCUT2D eigenvalue weighted by molar-refractivity contribution is -0.299. The van der Waals surface area contributed by atoms with E-state index >= 15 is 0 Å². The van der Waals surface area contributed by atoms with Gasteiger partial charge >= 0.3 is 17.9 Å². The molecule has 1 aliphatic rings. The van der Waals surface area contributed by atoms with Gasteiger partial charge in [-0.1, -0.05) is 19.8 Å². The molecule has 0 N–H and O–H groups in total. The second-order valence-electron chi connectivity index (χ2n) is 5.64. The maximum absolute atomic E-state index is 11.5. The van der Waals surface area contributed by atoms with Gasteiger partial charge in [0, 0.05) is 27.9 Å². The summed E-state index contributed by atoms with van der Waals surface area (Å²) >= 11 is 0. The Morgan fingerprint density at radius 1 is 0.875 bits per heavy atom. The van der Waals surface area contributed by atoms with E-state index in [1.54, 1.807) is 0 Å². The highest BCUT2D eigenvalue weighted by Crippen LogP contribution is 2.31. The van der Waals surface area contributed by atoms with E-state index in [2.05, 4.69) is 0 Å². The molecule has 0 bridgehead atoms. The van der Waals surface area contributed by atoms with Crippen LogP contribution < -0.4 is 0 Å². The maximum Gasteiger partial charge on any atom is 0.303 e. The van der Waals surface area contributed by atoms with Crippen molar-refractivity contribution in [2.45, 2.75) is 77.7 Å². The molecule has 24 heavy (non-hydrogen) atoms. The lowest BCUT2D eigenvalue weighted by Gasteiger charge is -2.44. The van der Waals surface area contributed by atoms with Gasteiger partial charge in [-0.25, -0.2) is 0 Å². The van der Waals surface area contributed by atoms with Crippen LogP contribution in [0.1, 0.15) is 47.0 Å². The Balaban J connectivity index is 3.15. The fourth-order valence-corrected chi connectivity index (χ4v) is 2.68. The fourth-order valence-electron chi connectivity index (χ4n) is 2.68. The minimum absolute atomic E-state index is 0.532. The normalized spacial score (nSPS) is 29.6. The topological polar surface area (TPSA) is 97.4 Å². The summed E-state index contributed by atoms with van der Waals surface area (Å²) in [5.41, 5.74) is 0. The monoisotopic (exact) mass is 346 g/mol. The predicted octanol–water partition coefficient (Wildman–Crippen LogP) is 1.34. The second kappa shape index (κ2) is 9.58. The Kier molecular flexibility index (Phi) is 8.14. The third-order valence-corrected chi connectivity index (χ3v) is 3.57. The van der Waals surface area contributed by atoms with E-state index in [0.29, 0.717) is 6.42 Å². The highest BCUT2D eigenvalue weighted by atomic mass is 16.7. The molecule has 0 spiro atoms. The summed E-state index contributed by atoms with van der Waals surface area (Å²) in [6.07, 6.45) is -2.05. The number of ether oxygens (including phenoxy) is 5. The third-order valence-electron chi connectivity index (χ3n) is 3.57. The second-order valence-corrected chi connectivity index (χ2v) is 5.64. The van der Waals surface area contributed by atoms with Crippen LogP contribution in [-0.4, -0.2) is 55.7 Å². The molecule has 0 saturated carbocycles. The Morgan fingerprint density at radius 3 is 1.83 bits per heavy atom. The van der Waals surface area contributed by atoms with E-state index in [1.807, 2.05) is 6.92 Å². The fraction of sp³-hybridized carbons (Fsp3) is 0.812. The highest BCUT2D eigenvalue weighted by Gasteiger charge is 2.51. The number of esters is 3. The molecular weight excluding hydrogens is 320 g/mol. The van der Waals surface area contributed by atoms with Crippen LogP contribution in [0.15, 0.2) is 0 Å². The number of methoxy groups -OCH3 is 1. The molecule has 0 amide bonds. The molecule has 0 radical (unpaired) electrons. The van der Waals surface area contributed by atoms with Crippen LogP contribution >= 0.6 is 0 Å². The van der Waals surface area contributed by atoms with Crippen LogP contribution in [0.3, 0.4) is 0 Å². The molecule has 1 saturated heterocycles. The summed E-state index contributed by atoms with van der Waals surface area (Å²) in [6.45, 7) is 5.73. The molecular formula is C16H26O8. The molecule has 8 nitrogen and oxygen atoms in total. The van der Waals surface area contributed by atoms with Gasteiger partial charge in [-0.2, -0.15) is 0 Å². The summed E-state index contributed by atoms with van der Waals surface area (Å²) < 4.78 is 26.9. The number of carbonyl (C=O) groups excluding carboxylic acids is 3. The zero-order chi connectivity index (χ0) is 18.3. The van der Waals surface area contributed by atoms with Crippen LogP contribution in [0.2, 0.25) is 0 Å². The third kappa shape index (κ3) is 5.76. The summed E-state index contributed by atoms with van der Waals surface area (Å²) in [6, 6.07) is 0. The zero-order valence-corrected chi connectivity index (χ0v) is 14.8. The Labute approximate surface area is 141 Å². The van der Waals surface area contributed by atoms with Crippen molar-refractivity contribution in [2.24, 2.45) is 0 Å². The van der Waals surface area contributed by atoms with Gasteiger partial charge in [-0.15, -0.1) is 0 Å². The van der Waals surface area contributed by atoms with Crippen molar-refractivity contribution in [3.05, 3.63) is 0 Å². The first-order valence-electron chi connectivity index (χ1n) is 8.00. The minimum atomic E-state index is -1.03. The van der Waals surface area contributed by atoms with E-state index < -0.39 is 48.6 Å². The first-order chi connectivity index (χ1) is 11.3. The average molecular weight is 346 g/mol. The molecule has 1 rings (SSSR count). The molecule has 8 heteroatoms. The lowest BCUT2D eigenvalue weighted by Crippen LogP contribution is -2.61. The Bertz CT molecular complexity index is 449. The van der Waals surface area contributed by atoms with Crippen LogP contribution in [0.4, 0.5) is 0 Å². The van der Waals surface area contributed by atoms with Crippen LogP contribution in [0.5, 0.6) is 0 Å². The molecule has 0 unspecified atom stereocenters. The summed E-state index contributed by atoms with van der Waals surface area (Å²) in [7, 11) is 1.40. The lowest BCUT2D eigenvalue weighted by atomic mass is 9.94. The van der Waals surface area contributed by atoms with Crippen molar-refractivity contribution in [3.63, 3.8) is 0 Å². The molecule has 1 heterocycles. The highest BCUT2D eigenvalue weighted by molar-refractivity contribution is 5.68. The molecule has 1 aliphatic heterocycles. The van der Waals surface area contributed by atoms with Crippen molar-refractivity contribution >= 4 is 17.9 Å². The maximum atomic E-state index is 11.5. The van der Waals surface area contributed by atoms with Gasteiger partial charge in [-0.3, -0.25) is 14.4 Å². The van der Waals surface area contributed by atoms with Gasteiger partial charge in [-0.05, 0) is 6.42 Å². The van der Waals surface area contributed by atoms with Crippen molar-refractivity contribution in [1.29, 1.82) is 0 Å². The SMILES string of the molecule is CCCC[C@H]1O[C@H](OC)[C@H](OC(C)=O)[C@H](OC(C)=O)[C@H]1OC(C)=O. The van der Waals surface area contributed by atoms with Gasteiger partial charge in [0.1, 0.15) is 6.10 Å². The van der Waals surface area contributed by atoms with Crippen molar-refractivity contribution in [1.82, 2.24) is 0 Å². The average Bonchev–Trinajstić information content (AvgIpc) is 2.48. The van der Waals surface area contributed by atoms with Crippen LogP contribution in [0.25, 0.3) is 0 Å². The van der Waals surface area contributed by atoms with E-state index in [9.17, 15) is 14.4 Å². The van der Waals surface area contributed by atoms with Crippen molar-refractivity contribution in [3.8, 4) is 0 Å². The molecule has 1 fully saturated rings. The van der Waals surface area contributed by atoms with E-state index in [0.717, 1.165) is 12.8 Å². The quantitative estimate of drug-likeness (QED) is 0.503. The van der Waals surface area contributed by atoms with E-state index in [1.165, 1.54) is 27.9 Å². The number of hydrogen-bond donors (Lipinski definition) is 0. The molecule has 0 aliphatic carbocycles. The molecule has 5 atom stereocenters.